The van der Waals surface area contributed by atoms with Gasteiger partial charge in [-0.05, 0) is 12.0 Å². The first-order valence-corrected chi connectivity index (χ1v) is 5.71. The fourth-order valence-corrected chi connectivity index (χ4v) is 1.50. The molecule has 7 heteroatoms. The third kappa shape index (κ3) is 6.32. The average Bonchev–Trinajstić information content (AvgIpc) is 2.26. The van der Waals surface area contributed by atoms with Crippen LogP contribution in [0.15, 0.2) is 35.3 Å². The number of benzene rings is 1. The van der Waals surface area contributed by atoms with Crippen molar-refractivity contribution in [3.05, 3.63) is 35.9 Å². The Kier molecular flexibility index (Phi) is 7.64. The SMILES string of the molecule is Cl.N=C(N=C(N)N)N(I)CCc1ccccc1. The van der Waals surface area contributed by atoms with Crippen LogP contribution < -0.4 is 11.5 Å². The molecule has 1 aromatic carbocycles. The van der Waals surface area contributed by atoms with E-state index in [9.17, 15) is 0 Å². The molecule has 0 bridgehead atoms. The third-order valence-electron chi connectivity index (χ3n) is 1.90. The maximum Gasteiger partial charge on any atom is 0.229 e. The van der Waals surface area contributed by atoms with Crippen LogP contribution in [0.2, 0.25) is 0 Å². The molecule has 0 saturated carbocycles. The zero-order chi connectivity index (χ0) is 12.0. The highest BCUT2D eigenvalue weighted by molar-refractivity contribution is 14.1. The number of hydrogen-bond donors (Lipinski definition) is 3. The van der Waals surface area contributed by atoms with Gasteiger partial charge >= 0.3 is 0 Å². The Morgan fingerprint density at radius 3 is 2.41 bits per heavy atom. The lowest BCUT2D eigenvalue weighted by Crippen LogP contribution is -2.28. The Balaban J connectivity index is 0.00000256. The molecule has 1 rings (SSSR count). The monoisotopic (exact) mass is 367 g/mol. The number of aliphatic imine (C=N–C) groups is 1. The molecule has 0 fully saturated rings. The predicted octanol–water partition coefficient (Wildman–Crippen LogP) is 1.51. The van der Waals surface area contributed by atoms with E-state index in [1.54, 1.807) is 3.11 Å². The number of nitrogens with one attached hydrogen (secondary N) is 1. The molecule has 0 heterocycles. The van der Waals surface area contributed by atoms with E-state index in [0.29, 0.717) is 6.54 Å². The van der Waals surface area contributed by atoms with Gasteiger partial charge in [0.2, 0.25) is 5.96 Å². The summed E-state index contributed by atoms with van der Waals surface area (Å²) >= 11 is 2.02. The highest BCUT2D eigenvalue weighted by atomic mass is 127. The van der Waals surface area contributed by atoms with Crippen LogP contribution in [0.4, 0.5) is 0 Å². The van der Waals surface area contributed by atoms with Gasteiger partial charge < -0.3 is 11.5 Å². The molecular formula is C10H15ClIN5. The fourth-order valence-electron chi connectivity index (χ4n) is 1.15. The van der Waals surface area contributed by atoms with Crippen LogP contribution in [-0.4, -0.2) is 21.6 Å². The van der Waals surface area contributed by atoms with Crippen molar-refractivity contribution in [2.24, 2.45) is 16.5 Å². The maximum atomic E-state index is 7.56. The fraction of sp³-hybridized carbons (Fsp3) is 0.200. The quantitative estimate of drug-likeness (QED) is 0.327. The van der Waals surface area contributed by atoms with Crippen LogP contribution in [0.25, 0.3) is 0 Å². The molecule has 5 nitrogen and oxygen atoms in total. The van der Waals surface area contributed by atoms with E-state index in [0.717, 1.165) is 6.42 Å². The minimum Gasteiger partial charge on any atom is -0.370 e. The van der Waals surface area contributed by atoms with Crippen molar-refractivity contribution in [3.63, 3.8) is 0 Å². The summed E-state index contributed by atoms with van der Waals surface area (Å²) in [7, 11) is 0. The summed E-state index contributed by atoms with van der Waals surface area (Å²) in [4.78, 5) is 3.66. The number of rotatable bonds is 3. The van der Waals surface area contributed by atoms with Crippen LogP contribution in [0.3, 0.4) is 0 Å². The second-order valence-electron chi connectivity index (χ2n) is 3.18. The number of halogens is 2. The molecule has 0 aliphatic heterocycles. The average molecular weight is 368 g/mol. The van der Waals surface area contributed by atoms with Crippen LogP contribution in [0.1, 0.15) is 5.56 Å². The molecule has 0 aliphatic carbocycles. The lowest BCUT2D eigenvalue weighted by molar-refractivity contribution is 0.695. The normalized spacial score (nSPS) is 9.00. The van der Waals surface area contributed by atoms with E-state index in [-0.39, 0.29) is 24.3 Å². The molecule has 94 valence electrons. The smallest absolute Gasteiger partial charge is 0.229 e. The minimum atomic E-state index is -0.0913. The summed E-state index contributed by atoms with van der Waals surface area (Å²) in [6, 6.07) is 10.1. The Bertz CT molecular complexity index is 378. The van der Waals surface area contributed by atoms with Crippen molar-refractivity contribution >= 4 is 47.2 Å². The number of guanidine groups is 2. The van der Waals surface area contributed by atoms with Gasteiger partial charge in [0.25, 0.3) is 0 Å². The molecule has 0 aliphatic rings. The van der Waals surface area contributed by atoms with Crippen molar-refractivity contribution in [1.82, 2.24) is 3.11 Å². The second-order valence-corrected chi connectivity index (χ2v) is 4.35. The Hall–Kier alpha value is -1.02. The molecule has 17 heavy (non-hydrogen) atoms. The lowest BCUT2D eigenvalue weighted by atomic mass is 10.1. The highest BCUT2D eigenvalue weighted by Gasteiger charge is 2.05. The van der Waals surface area contributed by atoms with Crippen molar-refractivity contribution < 1.29 is 0 Å². The van der Waals surface area contributed by atoms with Crippen molar-refractivity contribution in [3.8, 4) is 0 Å². The molecular weight excluding hydrogens is 353 g/mol. The van der Waals surface area contributed by atoms with Crippen molar-refractivity contribution in [2.75, 3.05) is 6.54 Å². The van der Waals surface area contributed by atoms with E-state index in [1.165, 1.54) is 5.56 Å². The van der Waals surface area contributed by atoms with E-state index >= 15 is 0 Å². The van der Waals surface area contributed by atoms with E-state index in [2.05, 4.69) is 17.1 Å². The zero-order valence-electron chi connectivity index (χ0n) is 9.14. The molecule has 0 radical (unpaired) electrons. The van der Waals surface area contributed by atoms with E-state index in [4.69, 9.17) is 16.9 Å². The van der Waals surface area contributed by atoms with Crippen LogP contribution in [0.5, 0.6) is 0 Å². The first-order valence-electron chi connectivity index (χ1n) is 4.75. The summed E-state index contributed by atoms with van der Waals surface area (Å²) < 4.78 is 1.67. The molecule has 0 amide bonds. The molecule has 0 atom stereocenters. The molecule has 0 unspecified atom stereocenters. The number of nitrogens with two attached hydrogens (primary N) is 2. The molecule has 0 saturated heterocycles. The van der Waals surface area contributed by atoms with Gasteiger partial charge in [0.05, 0.1) is 22.9 Å². The Morgan fingerprint density at radius 1 is 1.29 bits per heavy atom. The van der Waals surface area contributed by atoms with Gasteiger partial charge in [-0.2, -0.15) is 4.99 Å². The Labute approximate surface area is 121 Å². The standard InChI is InChI=1S/C10H14IN5.ClH/c11-16(10(14)15-9(12)13)7-6-8-4-2-1-3-5-8;/h1-5H,6-7H2,(H5,12,13,14,15);1H. The number of nitrogens with zero attached hydrogens (tertiary/aromatic N) is 2. The summed E-state index contributed by atoms with van der Waals surface area (Å²) in [6.07, 6.45) is 0.853. The van der Waals surface area contributed by atoms with Crippen LogP contribution in [-0.2, 0) is 6.42 Å². The summed E-state index contributed by atoms with van der Waals surface area (Å²) in [6.45, 7) is 0.695. The number of hydrogen-bond acceptors (Lipinski definition) is 1. The first kappa shape index (κ1) is 16.0. The van der Waals surface area contributed by atoms with Crippen LogP contribution >= 0.6 is 35.3 Å². The summed E-state index contributed by atoms with van der Waals surface area (Å²) in [5.74, 6) is -0.0251. The van der Waals surface area contributed by atoms with Crippen LogP contribution in [0, 0.1) is 5.41 Å². The van der Waals surface area contributed by atoms with Gasteiger partial charge in [-0.15, -0.1) is 12.4 Å². The topological polar surface area (TPSA) is 91.5 Å². The largest absolute Gasteiger partial charge is 0.370 e. The van der Waals surface area contributed by atoms with Crippen molar-refractivity contribution in [2.45, 2.75) is 6.42 Å². The molecule has 0 spiro atoms. The minimum absolute atomic E-state index is 0. The highest BCUT2D eigenvalue weighted by Crippen LogP contribution is 2.06. The summed E-state index contributed by atoms with van der Waals surface area (Å²) in [5.41, 5.74) is 11.6. The lowest BCUT2D eigenvalue weighted by Gasteiger charge is -2.13. The third-order valence-corrected chi connectivity index (χ3v) is 2.84. The van der Waals surface area contributed by atoms with Gasteiger partial charge in [-0.25, -0.2) is 0 Å². The predicted molar refractivity (Wildman–Crippen MR) is 81.7 cm³/mol. The van der Waals surface area contributed by atoms with Gasteiger partial charge in [-0.1, -0.05) is 30.3 Å². The summed E-state index contributed by atoms with van der Waals surface area (Å²) in [5, 5.41) is 7.56. The molecule has 1 aromatic rings. The Morgan fingerprint density at radius 2 is 1.88 bits per heavy atom. The second kappa shape index (κ2) is 8.13. The zero-order valence-corrected chi connectivity index (χ0v) is 12.1. The van der Waals surface area contributed by atoms with E-state index < -0.39 is 0 Å². The van der Waals surface area contributed by atoms with Gasteiger partial charge in [0.15, 0.2) is 5.96 Å². The van der Waals surface area contributed by atoms with Gasteiger partial charge in [0, 0.05) is 6.54 Å². The van der Waals surface area contributed by atoms with Crippen molar-refractivity contribution in [1.29, 1.82) is 5.41 Å². The first-order chi connectivity index (χ1) is 7.59. The maximum absolute atomic E-state index is 7.56. The van der Waals surface area contributed by atoms with E-state index in [1.807, 2.05) is 41.1 Å². The van der Waals surface area contributed by atoms with Gasteiger partial charge in [-0.3, -0.25) is 8.52 Å². The van der Waals surface area contributed by atoms with Gasteiger partial charge in [0.1, 0.15) is 0 Å². The molecule has 0 aromatic heterocycles. The molecule has 5 N–H and O–H groups in total.